The monoisotopic (exact) mass is 312 g/mol. The number of carbonyl (C=O) groups excluding carboxylic acids is 1. The second-order valence-corrected chi connectivity index (χ2v) is 2.98. The number of carbonyl (C=O) groups is 1. The minimum Gasteiger partial charge on any atom is -0.290 e. The van der Waals surface area contributed by atoms with Crippen molar-refractivity contribution in [1.29, 1.82) is 0 Å². The van der Waals surface area contributed by atoms with E-state index in [0.29, 0.717) is 0 Å². The van der Waals surface area contributed by atoms with Gasteiger partial charge in [0.15, 0.2) is 23.3 Å². The number of nitrogens with one attached hydrogen (secondary N) is 1. The summed E-state index contributed by atoms with van der Waals surface area (Å²) in [6, 6.07) is 0. The van der Waals surface area contributed by atoms with Gasteiger partial charge in [0.25, 0.3) is 5.91 Å². The largest absolute Gasteiger partial charge is 0.422 e. The summed E-state index contributed by atoms with van der Waals surface area (Å²) < 4.78 is 88.5. The van der Waals surface area contributed by atoms with Crippen LogP contribution in [-0.2, 0) is 6.18 Å². The Labute approximate surface area is 106 Å². The molecule has 0 radical (unpaired) electrons. The number of amides is 1. The van der Waals surface area contributed by atoms with Gasteiger partial charge < -0.3 is 0 Å². The number of benzene rings is 1. The molecule has 1 aromatic carbocycles. The zero-order valence-electron chi connectivity index (χ0n) is 8.54. The lowest BCUT2D eigenvalue weighted by Gasteiger charge is -2.13. The van der Waals surface area contributed by atoms with Crippen molar-refractivity contribution in [3.8, 4) is 0 Å². The lowest BCUT2D eigenvalue weighted by Crippen LogP contribution is -2.33. The predicted molar refractivity (Wildman–Crippen MR) is 50.2 cm³/mol. The minimum absolute atomic E-state index is 0. The molecular weight excluding hydrogens is 309 g/mol. The third-order valence-electron chi connectivity index (χ3n) is 1.91. The molecular formula is C8H4ClF7N2O. The molecule has 0 aliphatic rings. The molecule has 0 heterocycles. The van der Waals surface area contributed by atoms with Crippen molar-refractivity contribution in [2.75, 3.05) is 0 Å². The van der Waals surface area contributed by atoms with E-state index in [0.717, 1.165) is 5.43 Å². The average molecular weight is 313 g/mol. The van der Waals surface area contributed by atoms with E-state index < -0.39 is 46.5 Å². The Morgan fingerprint density at radius 3 is 1.58 bits per heavy atom. The standard InChI is InChI=1S/C8H3F7N2O.ClH/c9-3-1(7(18)17-16)4(10)6(12)2(5(3)11)8(13,14)15;/h16H2,(H,17,18);1H. The molecule has 0 saturated carbocycles. The van der Waals surface area contributed by atoms with Crippen LogP contribution < -0.4 is 11.3 Å². The van der Waals surface area contributed by atoms with Crippen molar-refractivity contribution < 1.29 is 35.5 Å². The summed E-state index contributed by atoms with van der Waals surface area (Å²) in [4.78, 5) is 10.8. The van der Waals surface area contributed by atoms with Crippen LogP contribution >= 0.6 is 12.4 Å². The Kier molecular flexibility index (Phi) is 5.15. The first-order chi connectivity index (χ1) is 8.12. The Balaban J connectivity index is 0.00000324. The van der Waals surface area contributed by atoms with Gasteiger partial charge in [-0.25, -0.2) is 23.4 Å². The van der Waals surface area contributed by atoms with Gasteiger partial charge in [-0.05, 0) is 0 Å². The van der Waals surface area contributed by atoms with Gasteiger partial charge in [-0.2, -0.15) is 13.2 Å². The molecule has 0 fully saturated rings. The SMILES string of the molecule is Cl.NNC(=O)c1c(F)c(F)c(C(F)(F)F)c(F)c1F. The fraction of sp³-hybridized carbons (Fsp3) is 0.125. The zero-order valence-corrected chi connectivity index (χ0v) is 9.36. The van der Waals surface area contributed by atoms with E-state index in [1.165, 1.54) is 0 Å². The summed E-state index contributed by atoms with van der Waals surface area (Å²) in [5, 5.41) is 0. The van der Waals surface area contributed by atoms with Crippen molar-refractivity contribution in [2.45, 2.75) is 6.18 Å². The number of hydrazine groups is 1. The Bertz CT molecular complexity index is 488. The van der Waals surface area contributed by atoms with E-state index in [1.54, 1.807) is 0 Å². The fourth-order valence-electron chi connectivity index (χ4n) is 1.15. The summed E-state index contributed by atoms with van der Waals surface area (Å²) in [7, 11) is 0. The van der Waals surface area contributed by atoms with Crippen molar-refractivity contribution in [1.82, 2.24) is 5.43 Å². The summed E-state index contributed by atoms with van der Waals surface area (Å²) in [6.45, 7) is 0. The molecule has 11 heteroatoms. The Hall–Kier alpha value is -1.55. The first-order valence-electron chi connectivity index (χ1n) is 4.07. The molecule has 0 bridgehead atoms. The molecule has 3 N–H and O–H groups in total. The molecule has 1 aromatic rings. The number of halogens is 8. The summed E-state index contributed by atoms with van der Waals surface area (Å²) in [5.74, 6) is -7.75. The van der Waals surface area contributed by atoms with Crippen LogP contribution in [0.5, 0.6) is 0 Å². The second-order valence-electron chi connectivity index (χ2n) is 2.98. The third-order valence-corrected chi connectivity index (χ3v) is 1.91. The number of rotatable bonds is 1. The molecule has 0 unspecified atom stereocenters. The molecule has 0 aliphatic carbocycles. The normalized spacial score (nSPS) is 10.9. The van der Waals surface area contributed by atoms with Gasteiger partial charge in [-0.15, -0.1) is 12.4 Å². The number of nitrogens with two attached hydrogens (primary N) is 1. The van der Waals surface area contributed by atoms with E-state index in [1.807, 2.05) is 0 Å². The van der Waals surface area contributed by atoms with Gasteiger partial charge in [0.2, 0.25) is 0 Å². The molecule has 3 nitrogen and oxygen atoms in total. The van der Waals surface area contributed by atoms with Crippen molar-refractivity contribution in [3.05, 3.63) is 34.4 Å². The molecule has 0 saturated heterocycles. The second kappa shape index (κ2) is 5.61. The maximum Gasteiger partial charge on any atom is 0.422 e. The van der Waals surface area contributed by atoms with Crippen LogP contribution in [0.2, 0.25) is 0 Å². The fourth-order valence-corrected chi connectivity index (χ4v) is 1.15. The third kappa shape index (κ3) is 2.89. The molecule has 0 aromatic heterocycles. The predicted octanol–water partition coefficient (Wildman–Crippen LogP) is 2.29. The maximum absolute atomic E-state index is 13.1. The molecule has 0 spiro atoms. The molecule has 1 rings (SSSR count). The van der Waals surface area contributed by atoms with Crippen LogP contribution in [0.1, 0.15) is 15.9 Å². The van der Waals surface area contributed by atoms with E-state index >= 15 is 0 Å². The summed E-state index contributed by atoms with van der Waals surface area (Å²) >= 11 is 0. The number of alkyl halides is 3. The van der Waals surface area contributed by atoms with Gasteiger partial charge in [-0.1, -0.05) is 0 Å². The smallest absolute Gasteiger partial charge is 0.290 e. The highest BCUT2D eigenvalue weighted by molar-refractivity contribution is 5.94. The van der Waals surface area contributed by atoms with Crippen LogP contribution in [0.25, 0.3) is 0 Å². The highest BCUT2D eigenvalue weighted by atomic mass is 35.5. The van der Waals surface area contributed by atoms with E-state index in [9.17, 15) is 35.5 Å². The lowest BCUT2D eigenvalue weighted by molar-refractivity contribution is -0.143. The van der Waals surface area contributed by atoms with Crippen LogP contribution in [0, 0.1) is 23.3 Å². The van der Waals surface area contributed by atoms with Gasteiger partial charge >= 0.3 is 6.18 Å². The van der Waals surface area contributed by atoms with Crippen molar-refractivity contribution >= 4 is 18.3 Å². The summed E-state index contributed by atoms with van der Waals surface area (Å²) in [6.07, 6.45) is -5.66. The molecule has 19 heavy (non-hydrogen) atoms. The average Bonchev–Trinajstić information content (AvgIpc) is 2.24. The highest BCUT2D eigenvalue weighted by Gasteiger charge is 2.43. The molecule has 108 valence electrons. The van der Waals surface area contributed by atoms with Gasteiger partial charge in [0.1, 0.15) is 11.1 Å². The van der Waals surface area contributed by atoms with Gasteiger partial charge in [0, 0.05) is 0 Å². The molecule has 0 aliphatic heterocycles. The maximum atomic E-state index is 13.1. The lowest BCUT2D eigenvalue weighted by atomic mass is 10.1. The zero-order chi connectivity index (χ0) is 14.2. The van der Waals surface area contributed by atoms with Crippen LogP contribution in [0.4, 0.5) is 30.7 Å². The number of hydrogen-bond donors (Lipinski definition) is 2. The van der Waals surface area contributed by atoms with Crippen molar-refractivity contribution in [2.24, 2.45) is 5.84 Å². The minimum atomic E-state index is -5.66. The Morgan fingerprint density at radius 1 is 0.947 bits per heavy atom. The van der Waals surface area contributed by atoms with Crippen LogP contribution in [0.15, 0.2) is 0 Å². The van der Waals surface area contributed by atoms with E-state index in [2.05, 4.69) is 5.84 Å². The quantitative estimate of drug-likeness (QED) is 0.275. The van der Waals surface area contributed by atoms with E-state index in [4.69, 9.17) is 0 Å². The first-order valence-corrected chi connectivity index (χ1v) is 4.07. The van der Waals surface area contributed by atoms with E-state index in [-0.39, 0.29) is 12.4 Å². The van der Waals surface area contributed by atoms with Crippen LogP contribution in [-0.4, -0.2) is 5.91 Å². The first kappa shape index (κ1) is 17.4. The van der Waals surface area contributed by atoms with Gasteiger partial charge in [-0.3, -0.25) is 10.2 Å². The molecule has 0 atom stereocenters. The number of hydrogen-bond acceptors (Lipinski definition) is 2. The topological polar surface area (TPSA) is 55.1 Å². The molecule has 1 amide bonds. The summed E-state index contributed by atoms with van der Waals surface area (Å²) in [5.41, 5.74) is -3.49. The van der Waals surface area contributed by atoms with Gasteiger partial charge in [0.05, 0.1) is 0 Å². The highest BCUT2D eigenvalue weighted by Crippen LogP contribution is 2.36. The Morgan fingerprint density at radius 2 is 1.32 bits per heavy atom. The van der Waals surface area contributed by atoms with Crippen molar-refractivity contribution in [3.63, 3.8) is 0 Å². The van der Waals surface area contributed by atoms with Crippen LogP contribution in [0.3, 0.4) is 0 Å². The number of nitrogen functional groups attached to an aromatic ring is 1.